The third-order valence-corrected chi connectivity index (χ3v) is 2.43. The van der Waals surface area contributed by atoms with Gasteiger partial charge in [-0.05, 0) is 6.07 Å². The average molecular weight is 266 g/mol. The standard InChI is InChI=1S/C13H11NO3.ClH/c14-10-6-9(11(15)7-12(10)16)13(17)8-4-2-1-3-5-8;/h1-7,15-16H,14H2;1H. The Balaban J connectivity index is 0.00000162. The van der Waals surface area contributed by atoms with E-state index in [1.807, 2.05) is 0 Å². The molecule has 0 heterocycles. The number of hydrogen-bond donors (Lipinski definition) is 3. The van der Waals surface area contributed by atoms with E-state index in [4.69, 9.17) is 5.73 Å². The number of benzene rings is 2. The highest BCUT2D eigenvalue weighted by atomic mass is 35.5. The molecule has 0 aromatic heterocycles. The van der Waals surface area contributed by atoms with Gasteiger partial charge in [0.15, 0.2) is 5.78 Å². The van der Waals surface area contributed by atoms with Gasteiger partial charge in [0, 0.05) is 11.6 Å². The maximum atomic E-state index is 12.0. The molecule has 0 bridgehead atoms. The molecule has 94 valence electrons. The fourth-order valence-electron chi connectivity index (χ4n) is 1.52. The highest BCUT2D eigenvalue weighted by Gasteiger charge is 2.15. The molecule has 0 spiro atoms. The van der Waals surface area contributed by atoms with E-state index in [1.54, 1.807) is 30.3 Å². The Bertz CT molecular complexity index is 570. The number of nitrogens with two attached hydrogens (primary N) is 1. The monoisotopic (exact) mass is 265 g/mol. The molecule has 0 unspecified atom stereocenters. The molecular weight excluding hydrogens is 254 g/mol. The molecular formula is C13H12ClNO3. The third kappa shape index (κ3) is 2.55. The largest absolute Gasteiger partial charge is 0.507 e. The molecule has 0 aliphatic heterocycles. The fraction of sp³-hybridized carbons (Fsp3) is 0. The molecule has 4 nitrogen and oxygen atoms in total. The van der Waals surface area contributed by atoms with Crippen LogP contribution in [-0.4, -0.2) is 16.0 Å². The number of carbonyl (C=O) groups is 1. The molecule has 0 aliphatic rings. The van der Waals surface area contributed by atoms with Gasteiger partial charge in [-0.3, -0.25) is 4.79 Å². The summed E-state index contributed by atoms with van der Waals surface area (Å²) in [5.74, 6) is -0.868. The summed E-state index contributed by atoms with van der Waals surface area (Å²) in [6.45, 7) is 0. The molecule has 18 heavy (non-hydrogen) atoms. The van der Waals surface area contributed by atoms with Crippen molar-refractivity contribution in [1.29, 1.82) is 0 Å². The average Bonchev–Trinajstić information content (AvgIpc) is 2.34. The summed E-state index contributed by atoms with van der Waals surface area (Å²) in [7, 11) is 0. The van der Waals surface area contributed by atoms with Crippen LogP contribution in [0.15, 0.2) is 42.5 Å². The van der Waals surface area contributed by atoms with Gasteiger partial charge in [0.1, 0.15) is 11.5 Å². The predicted molar refractivity (Wildman–Crippen MR) is 71.3 cm³/mol. The first-order valence-corrected chi connectivity index (χ1v) is 5.01. The lowest BCUT2D eigenvalue weighted by molar-refractivity contribution is 0.103. The zero-order chi connectivity index (χ0) is 12.4. The zero-order valence-corrected chi connectivity index (χ0v) is 10.1. The first-order valence-electron chi connectivity index (χ1n) is 5.01. The summed E-state index contributed by atoms with van der Waals surface area (Å²) >= 11 is 0. The number of hydrogen-bond acceptors (Lipinski definition) is 4. The Kier molecular flexibility index (Phi) is 4.18. The number of ketones is 1. The SMILES string of the molecule is Cl.Nc1cc(C(=O)c2ccccc2)c(O)cc1O. The maximum Gasteiger partial charge on any atom is 0.196 e. The minimum atomic E-state index is -0.338. The second kappa shape index (κ2) is 5.42. The van der Waals surface area contributed by atoms with Crippen molar-refractivity contribution in [2.24, 2.45) is 0 Å². The molecule has 2 aromatic rings. The summed E-state index contributed by atoms with van der Waals surface area (Å²) in [6.07, 6.45) is 0. The van der Waals surface area contributed by atoms with Gasteiger partial charge in [0.25, 0.3) is 0 Å². The maximum absolute atomic E-state index is 12.0. The minimum absolute atomic E-state index is 0. The fourth-order valence-corrected chi connectivity index (χ4v) is 1.52. The lowest BCUT2D eigenvalue weighted by Crippen LogP contribution is -2.02. The van der Waals surface area contributed by atoms with Crippen LogP contribution < -0.4 is 5.73 Å². The molecule has 0 radical (unpaired) electrons. The molecule has 0 amide bonds. The number of phenolic OH excluding ortho intramolecular Hbond substituents is 2. The van der Waals surface area contributed by atoms with Gasteiger partial charge in [0.05, 0.1) is 11.3 Å². The number of carbonyl (C=O) groups excluding carboxylic acids is 1. The lowest BCUT2D eigenvalue weighted by Gasteiger charge is -2.06. The van der Waals surface area contributed by atoms with E-state index in [2.05, 4.69) is 0 Å². The molecule has 0 fully saturated rings. The molecule has 5 heteroatoms. The molecule has 2 rings (SSSR count). The van der Waals surface area contributed by atoms with Crippen molar-refractivity contribution in [2.45, 2.75) is 0 Å². The molecule has 4 N–H and O–H groups in total. The van der Waals surface area contributed by atoms with Crippen LogP contribution in [0.25, 0.3) is 0 Å². The van der Waals surface area contributed by atoms with Crippen molar-refractivity contribution in [1.82, 2.24) is 0 Å². The van der Waals surface area contributed by atoms with E-state index in [-0.39, 0.29) is 40.9 Å². The van der Waals surface area contributed by atoms with Crippen molar-refractivity contribution in [3.05, 3.63) is 53.6 Å². The van der Waals surface area contributed by atoms with Crippen LogP contribution in [0.4, 0.5) is 5.69 Å². The van der Waals surface area contributed by atoms with Gasteiger partial charge >= 0.3 is 0 Å². The Morgan fingerprint density at radius 3 is 2.22 bits per heavy atom. The minimum Gasteiger partial charge on any atom is -0.507 e. The van der Waals surface area contributed by atoms with Crippen LogP contribution in [0.5, 0.6) is 11.5 Å². The number of aromatic hydroxyl groups is 2. The second-order valence-corrected chi connectivity index (χ2v) is 3.62. The predicted octanol–water partition coefficient (Wildman–Crippen LogP) is 2.33. The third-order valence-electron chi connectivity index (χ3n) is 2.43. The molecule has 0 saturated heterocycles. The summed E-state index contributed by atoms with van der Waals surface area (Å²) in [6, 6.07) is 10.9. The molecule has 2 aromatic carbocycles. The molecule has 0 atom stereocenters. The van der Waals surface area contributed by atoms with E-state index >= 15 is 0 Å². The van der Waals surface area contributed by atoms with Gasteiger partial charge in [-0.1, -0.05) is 30.3 Å². The Morgan fingerprint density at radius 2 is 1.61 bits per heavy atom. The van der Waals surface area contributed by atoms with Crippen molar-refractivity contribution < 1.29 is 15.0 Å². The van der Waals surface area contributed by atoms with E-state index in [0.717, 1.165) is 6.07 Å². The summed E-state index contributed by atoms with van der Waals surface area (Å²) < 4.78 is 0. The van der Waals surface area contributed by atoms with Crippen LogP contribution in [0.2, 0.25) is 0 Å². The van der Waals surface area contributed by atoms with Gasteiger partial charge < -0.3 is 15.9 Å². The van der Waals surface area contributed by atoms with E-state index in [0.29, 0.717) is 5.56 Å². The van der Waals surface area contributed by atoms with E-state index in [9.17, 15) is 15.0 Å². The Morgan fingerprint density at radius 1 is 1.00 bits per heavy atom. The van der Waals surface area contributed by atoms with Crippen molar-refractivity contribution in [3.63, 3.8) is 0 Å². The van der Waals surface area contributed by atoms with E-state index in [1.165, 1.54) is 6.07 Å². The molecule has 0 saturated carbocycles. The second-order valence-electron chi connectivity index (χ2n) is 3.62. The highest BCUT2D eigenvalue weighted by molar-refractivity contribution is 6.11. The quantitative estimate of drug-likeness (QED) is 0.337. The smallest absolute Gasteiger partial charge is 0.196 e. The summed E-state index contributed by atoms with van der Waals surface area (Å²) in [5.41, 5.74) is 6.08. The van der Waals surface area contributed by atoms with Gasteiger partial charge in [-0.25, -0.2) is 0 Å². The number of nitrogen functional groups attached to an aromatic ring is 1. The van der Waals surface area contributed by atoms with Crippen LogP contribution in [0.1, 0.15) is 15.9 Å². The first-order chi connectivity index (χ1) is 8.09. The van der Waals surface area contributed by atoms with Gasteiger partial charge in [0.2, 0.25) is 0 Å². The van der Waals surface area contributed by atoms with Crippen molar-refractivity contribution in [3.8, 4) is 11.5 Å². The lowest BCUT2D eigenvalue weighted by atomic mass is 10.0. The van der Waals surface area contributed by atoms with Gasteiger partial charge in [-0.15, -0.1) is 12.4 Å². The number of halogens is 1. The van der Waals surface area contributed by atoms with Crippen LogP contribution in [0.3, 0.4) is 0 Å². The summed E-state index contributed by atoms with van der Waals surface area (Å²) in [5, 5.41) is 18.9. The Labute approximate surface area is 110 Å². The highest BCUT2D eigenvalue weighted by Crippen LogP contribution is 2.30. The molecule has 0 aliphatic carbocycles. The normalized spacial score (nSPS) is 9.56. The zero-order valence-electron chi connectivity index (χ0n) is 9.33. The van der Waals surface area contributed by atoms with Crippen LogP contribution in [0, 0.1) is 0 Å². The van der Waals surface area contributed by atoms with Crippen molar-refractivity contribution in [2.75, 3.05) is 5.73 Å². The van der Waals surface area contributed by atoms with E-state index < -0.39 is 0 Å². The van der Waals surface area contributed by atoms with Crippen LogP contribution in [-0.2, 0) is 0 Å². The number of rotatable bonds is 2. The van der Waals surface area contributed by atoms with Crippen LogP contribution >= 0.6 is 12.4 Å². The van der Waals surface area contributed by atoms with Crippen molar-refractivity contribution >= 4 is 23.9 Å². The number of phenols is 2. The summed E-state index contributed by atoms with van der Waals surface area (Å²) in [4.78, 5) is 12.0. The first kappa shape index (κ1) is 13.9. The van der Waals surface area contributed by atoms with Gasteiger partial charge in [-0.2, -0.15) is 0 Å². The Hall–Kier alpha value is -2.20. The number of anilines is 1. The topological polar surface area (TPSA) is 83.6 Å².